The maximum atomic E-state index is 14.5. The third-order valence-electron chi connectivity index (χ3n) is 17.8. The molecular formula is C66H80F5N9O10S3. The first-order valence-corrected chi connectivity index (χ1v) is 35.4. The summed E-state index contributed by atoms with van der Waals surface area (Å²) in [5.74, 6) is -3.16. The minimum atomic E-state index is -6.18. The summed E-state index contributed by atoms with van der Waals surface area (Å²) in [5.41, 5.74) is -1.64. The third kappa shape index (κ3) is 17.8. The number of piperidine rings is 1. The number of nitrogens with one attached hydrogen (secondary N) is 4. The zero-order valence-electron chi connectivity index (χ0n) is 52.2. The van der Waals surface area contributed by atoms with E-state index in [0.29, 0.717) is 109 Å². The molecule has 0 aromatic heterocycles. The number of amides is 6. The monoisotopic (exact) mass is 1350 g/mol. The fourth-order valence-corrected chi connectivity index (χ4v) is 15.5. The SMILES string of the molecule is C=C(CCC(F)F)C1=C(CN2CCN(c3ccc(C(=O)NS(=O)(=O)c4ccc(N[C@H](CCN5CCN(C(=O)CCCCCCNc6cccc7c6C(=O)N(C6CCC(=O)NC6=O)C7=O)CC5)CSc5ccccc5)c(S(=O)(=O)C(F)(F)F)c4)cc3)CC2)CCC(C)(C)C1. The lowest BCUT2D eigenvalue weighted by Gasteiger charge is -2.39. The van der Waals surface area contributed by atoms with Crippen molar-refractivity contribution < 1.29 is 67.6 Å². The molecule has 4 aromatic carbocycles. The molecule has 19 nitrogen and oxygen atoms in total. The first kappa shape index (κ1) is 70.1. The second-order valence-electron chi connectivity index (χ2n) is 25.1. The lowest BCUT2D eigenvalue weighted by atomic mass is 9.72. The highest BCUT2D eigenvalue weighted by atomic mass is 32.2. The molecule has 9 rings (SSSR count). The van der Waals surface area contributed by atoms with Crippen LogP contribution in [0, 0.1) is 5.41 Å². The summed E-state index contributed by atoms with van der Waals surface area (Å²) in [7, 11) is -11.1. The van der Waals surface area contributed by atoms with Crippen LogP contribution in [-0.4, -0.2) is 174 Å². The van der Waals surface area contributed by atoms with E-state index in [0.717, 1.165) is 70.9 Å². The Hall–Kier alpha value is -7.20. The molecule has 27 heteroatoms. The molecule has 93 heavy (non-hydrogen) atoms. The average molecular weight is 1350 g/mol. The van der Waals surface area contributed by atoms with Crippen molar-refractivity contribution in [3.05, 3.63) is 131 Å². The van der Waals surface area contributed by atoms with Crippen LogP contribution < -0.4 is 25.6 Å². The minimum absolute atomic E-state index is 0.00370. The number of piperazine rings is 2. The van der Waals surface area contributed by atoms with Gasteiger partial charge in [0.05, 0.1) is 21.7 Å². The number of nitrogens with zero attached hydrogens (tertiary/aromatic N) is 5. The maximum Gasteiger partial charge on any atom is 0.501 e. The van der Waals surface area contributed by atoms with Crippen molar-refractivity contribution in [3.63, 3.8) is 0 Å². The van der Waals surface area contributed by atoms with E-state index in [1.54, 1.807) is 29.2 Å². The van der Waals surface area contributed by atoms with Crippen LogP contribution in [0.3, 0.4) is 0 Å². The number of imide groups is 2. The number of allylic oxidation sites excluding steroid dienone is 2. The highest BCUT2D eigenvalue weighted by molar-refractivity contribution is 7.99. The molecule has 0 spiro atoms. The number of sulfone groups is 1. The molecule has 0 saturated carbocycles. The summed E-state index contributed by atoms with van der Waals surface area (Å²) in [6.45, 7) is 14.7. The van der Waals surface area contributed by atoms with Gasteiger partial charge in [-0.1, -0.05) is 68.7 Å². The van der Waals surface area contributed by atoms with Gasteiger partial charge in [0.15, 0.2) is 0 Å². The summed E-state index contributed by atoms with van der Waals surface area (Å²) in [6, 6.07) is 20.8. The summed E-state index contributed by atoms with van der Waals surface area (Å²) >= 11 is 1.39. The Kier molecular flexibility index (Phi) is 23.0. The van der Waals surface area contributed by atoms with E-state index >= 15 is 0 Å². The Balaban J connectivity index is 0.757. The largest absolute Gasteiger partial charge is 0.501 e. The third-order valence-corrected chi connectivity index (χ3v) is 21.8. The van der Waals surface area contributed by atoms with Gasteiger partial charge in [-0.15, -0.1) is 11.8 Å². The number of fused-ring (bicyclic) bond motifs is 1. The van der Waals surface area contributed by atoms with Crippen molar-refractivity contribution in [2.45, 2.75) is 136 Å². The number of unbranched alkanes of at least 4 members (excludes halogenated alkanes) is 3. The summed E-state index contributed by atoms with van der Waals surface area (Å²) in [6.07, 6.45) is 3.85. The highest BCUT2D eigenvalue weighted by Crippen LogP contribution is 2.43. The van der Waals surface area contributed by atoms with Crippen molar-refractivity contribution >= 4 is 84.1 Å². The van der Waals surface area contributed by atoms with E-state index < -0.39 is 88.9 Å². The van der Waals surface area contributed by atoms with Gasteiger partial charge in [-0.2, -0.15) is 13.2 Å². The summed E-state index contributed by atoms with van der Waals surface area (Å²) < 4.78 is 126. The normalized spacial score (nSPS) is 18.8. The van der Waals surface area contributed by atoms with Crippen molar-refractivity contribution in [2.75, 3.05) is 93.3 Å². The predicted molar refractivity (Wildman–Crippen MR) is 345 cm³/mol. The van der Waals surface area contributed by atoms with Crippen LogP contribution in [0.15, 0.2) is 129 Å². The number of anilines is 3. The number of hydrogen-bond donors (Lipinski definition) is 4. The van der Waals surface area contributed by atoms with Gasteiger partial charge in [-0.05, 0) is 129 Å². The molecular weight excluding hydrogens is 1270 g/mol. The van der Waals surface area contributed by atoms with E-state index in [-0.39, 0.29) is 59.4 Å². The number of halogens is 5. The molecule has 0 bridgehead atoms. The van der Waals surface area contributed by atoms with E-state index in [4.69, 9.17) is 0 Å². The Labute approximate surface area is 544 Å². The number of sulfonamides is 1. The molecule has 4 N–H and O–H groups in total. The zero-order chi connectivity index (χ0) is 66.8. The molecule has 5 aliphatic rings. The number of alkyl halides is 5. The van der Waals surface area contributed by atoms with E-state index in [9.17, 15) is 67.6 Å². The van der Waals surface area contributed by atoms with Gasteiger partial charge in [0.2, 0.25) is 24.1 Å². The molecule has 6 amide bonds. The summed E-state index contributed by atoms with van der Waals surface area (Å²) in [4.78, 5) is 85.6. The Morgan fingerprint density at radius 3 is 2.16 bits per heavy atom. The van der Waals surface area contributed by atoms with Crippen LogP contribution in [0.2, 0.25) is 0 Å². The van der Waals surface area contributed by atoms with Gasteiger partial charge in [0.1, 0.15) is 10.9 Å². The quantitative estimate of drug-likeness (QED) is 0.0179. The van der Waals surface area contributed by atoms with Gasteiger partial charge < -0.3 is 20.4 Å². The Bertz CT molecular complexity index is 3690. The average Bonchev–Trinajstić information content (AvgIpc) is 1.72. The van der Waals surface area contributed by atoms with Crippen LogP contribution in [0.4, 0.5) is 39.0 Å². The first-order chi connectivity index (χ1) is 44.2. The Morgan fingerprint density at radius 1 is 0.774 bits per heavy atom. The maximum absolute atomic E-state index is 14.5. The molecule has 1 aliphatic carbocycles. The second kappa shape index (κ2) is 30.5. The molecule has 0 radical (unpaired) electrons. The summed E-state index contributed by atoms with van der Waals surface area (Å²) in [5, 5.41) is 8.43. The van der Waals surface area contributed by atoms with Gasteiger partial charge in [0.25, 0.3) is 37.6 Å². The lowest BCUT2D eigenvalue weighted by Crippen LogP contribution is -2.54. The van der Waals surface area contributed by atoms with Gasteiger partial charge in [-0.25, -0.2) is 30.3 Å². The Morgan fingerprint density at radius 2 is 1.47 bits per heavy atom. The number of hydrogen-bond acceptors (Lipinski definition) is 16. The molecule has 4 aliphatic heterocycles. The second-order valence-corrected chi connectivity index (χ2v) is 29.7. The highest BCUT2D eigenvalue weighted by Gasteiger charge is 2.49. The minimum Gasteiger partial charge on any atom is -0.384 e. The van der Waals surface area contributed by atoms with Gasteiger partial charge >= 0.3 is 5.51 Å². The molecule has 502 valence electrons. The molecule has 4 aromatic rings. The lowest BCUT2D eigenvalue weighted by molar-refractivity contribution is -0.136. The molecule has 4 heterocycles. The van der Waals surface area contributed by atoms with Crippen LogP contribution >= 0.6 is 11.8 Å². The smallest absolute Gasteiger partial charge is 0.384 e. The molecule has 3 fully saturated rings. The zero-order valence-corrected chi connectivity index (χ0v) is 54.7. The number of thioether (sulfide) groups is 1. The van der Waals surface area contributed by atoms with Crippen LogP contribution in [0.1, 0.15) is 128 Å². The van der Waals surface area contributed by atoms with E-state index in [1.807, 2.05) is 35.1 Å². The standard InChI is InChI=1S/C66H80F5N9O10S3/c1-44(17-25-57(67)68)52-41-65(2,3)29-27-46(52)42-77-34-36-78(37-35-77)48-20-18-45(19-21-48)61(83)75-93(89,90)50-22-23-53(56(40-50)92(87,88)66(69,70)71)73-47(43-91-49-12-7-6-8-13-49)28-31-76-32-38-79(39-33-76)59(82)16-9-4-5-10-30-72-54-15-11-14-51-60(54)64(86)80(63(51)85)55-24-26-58(81)74-62(55)84/h6-8,11-15,18-23,40,47,55,57,72-73H,1,4-5,9-10,16-17,24-39,41-43H2,2-3H3,(H,75,83)(H,74,81,84)/t47-,55?/m1/s1. The fraction of sp³-hybridized carbons (Fsp3) is 0.485. The van der Waals surface area contributed by atoms with Crippen molar-refractivity contribution in [2.24, 2.45) is 5.41 Å². The molecule has 1 unspecified atom stereocenters. The molecule has 3 saturated heterocycles. The number of rotatable bonds is 28. The van der Waals surface area contributed by atoms with Gasteiger partial charge in [0, 0.05) is 125 Å². The fourth-order valence-electron chi connectivity index (χ4n) is 12.4. The van der Waals surface area contributed by atoms with E-state index in [1.165, 1.54) is 35.5 Å². The number of benzene rings is 4. The predicted octanol–water partition coefficient (Wildman–Crippen LogP) is 9.90. The van der Waals surface area contributed by atoms with Crippen LogP contribution in [-0.2, 0) is 34.2 Å². The van der Waals surface area contributed by atoms with Crippen LogP contribution in [0.25, 0.3) is 0 Å². The van der Waals surface area contributed by atoms with Crippen molar-refractivity contribution in [1.29, 1.82) is 0 Å². The van der Waals surface area contributed by atoms with E-state index in [2.05, 4.69) is 51.1 Å². The van der Waals surface area contributed by atoms with Crippen molar-refractivity contribution in [3.8, 4) is 0 Å². The van der Waals surface area contributed by atoms with Crippen molar-refractivity contribution in [1.82, 2.24) is 29.6 Å². The number of carbonyl (C=O) groups excluding carboxylic acids is 6. The van der Waals surface area contributed by atoms with Crippen LogP contribution in [0.5, 0.6) is 0 Å². The first-order valence-electron chi connectivity index (χ1n) is 31.5. The number of carbonyl (C=O) groups is 6. The van der Waals surface area contributed by atoms with Gasteiger partial charge in [-0.3, -0.25) is 48.8 Å². The topological polar surface area (TPSA) is 235 Å². The molecule has 2 atom stereocenters.